The van der Waals surface area contributed by atoms with Crippen LogP contribution in [0.15, 0.2) is 60.8 Å². The van der Waals surface area contributed by atoms with Crippen LogP contribution in [0.2, 0.25) is 0 Å². The van der Waals surface area contributed by atoms with Gasteiger partial charge in [0, 0.05) is 19.3 Å². The van der Waals surface area contributed by atoms with Gasteiger partial charge < -0.3 is 14.2 Å². The third-order valence-corrected chi connectivity index (χ3v) is 13.5. The summed E-state index contributed by atoms with van der Waals surface area (Å²) < 4.78 is 16.9. The van der Waals surface area contributed by atoms with Gasteiger partial charge in [-0.2, -0.15) is 0 Å². The third-order valence-electron chi connectivity index (χ3n) is 13.5. The van der Waals surface area contributed by atoms with Crippen molar-refractivity contribution in [2.24, 2.45) is 0 Å². The molecule has 0 aliphatic rings. The minimum absolute atomic E-state index is 0.0823. The number of allylic oxidation sites excluding steroid dienone is 10. The zero-order valence-corrected chi connectivity index (χ0v) is 47.2. The molecular weight excluding hydrogens is 877 g/mol. The van der Waals surface area contributed by atoms with E-state index in [0.717, 1.165) is 96.3 Å². The maximum absolute atomic E-state index is 12.9. The molecule has 1 atom stereocenters. The van der Waals surface area contributed by atoms with E-state index in [0.29, 0.717) is 19.3 Å². The van der Waals surface area contributed by atoms with Gasteiger partial charge in [-0.05, 0) is 109 Å². The van der Waals surface area contributed by atoms with Crippen LogP contribution in [0.3, 0.4) is 0 Å². The standard InChI is InChI=1S/C65H116O6/c1-4-7-10-13-16-19-22-25-28-30-31-32-33-34-35-36-38-40-43-46-49-52-55-58-64(67)70-61-62(60-69-63(66)57-54-51-48-45-42-39-27-24-21-18-15-12-9-6-3)71-65(68)59-56-53-50-47-44-41-37-29-26-23-20-17-14-11-8-5-2/h20,22-25,27,29-31,37,62H,4-19,21,26,28,32-36,38-61H2,1-3H3/b23-20-,25-22-,27-24-,31-30-,37-29-. The summed E-state index contributed by atoms with van der Waals surface area (Å²) in [5.41, 5.74) is 0. The van der Waals surface area contributed by atoms with Crippen LogP contribution < -0.4 is 0 Å². The zero-order valence-electron chi connectivity index (χ0n) is 47.2. The Kier molecular flexibility index (Phi) is 57.2. The Balaban J connectivity index is 4.34. The predicted molar refractivity (Wildman–Crippen MR) is 307 cm³/mol. The first-order valence-corrected chi connectivity index (χ1v) is 30.8. The average Bonchev–Trinajstić information content (AvgIpc) is 3.37. The lowest BCUT2D eigenvalue weighted by molar-refractivity contribution is -0.167. The number of carbonyl (C=O) groups is 3. The van der Waals surface area contributed by atoms with Crippen molar-refractivity contribution in [3.05, 3.63) is 60.8 Å². The molecule has 0 amide bonds. The first kappa shape index (κ1) is 68.1. The van der Waals surface area contributed by atoms with Crippen LogP contribution in [0.5, 0.6) is 0 Å². The Hall–Kier alpha value is -2.89. The molecular formula is C65H116O6. The van der Waals surface area contributed by atoms with Crippen LogP contribution in [-0.2, 0) is 28.6 Å². The van der Waals surface area contributed by atoms with E-state index >= 15 is 0 Å². The predicted octanol–water partition coefficient (Wildman–Crippen LogP) is 20.8. The number of rotatable bonds is 56. The van der Waals surface area contributed by atoms with Gasteiger partial charge in [-0.1, -0.05) is 248 Å². The van der Waals surface area contributed by atoms with Crippen LogP contribution in [0.25, 0.3) is 0 Å². The molecule has 0 aromatic rings. The van der Waals surface area contributed by atoms with Crippen molar-refractivity contribution >= 4 is 17.9 Å². The minimum Gasteiger partial charge on any atom is -0.462 e. The van der Waals surface area contributed by atoms with Gasteiger partial charge in [-0.3, -0.25) is 14.4 Å². The van der Waals surface area contributed by atoms with Gasteiger partial charge >= 0.3 is 17.9 Å². The van der Waals surface area contributed by atoms with Crippen LogP contribution in [0, 0.1) is 0 Å². The van der Waals surface area contributed by atoms with Crippen molar-refractivity contribution in [1.82, 2.24) is 0 Å². The first-order valence-electron chi connectivity index (χ1n) is 30.8. The fourth-order valence-corrected chi connectivity index (χ4v) is 8.79. The molecule has 6 nitrogen and oxygen atoms in total. The number of hydrogen-bond donors (Lipinski definition) is 0. The van der Waals surface area contributed by atoms with Crippen LogP contribution in [0.1, 0.15) is 316 Å². The Bertz CT molecular complexity index is 1280. The number of ether oxygens (including phenoxy) is 3. The SMILES string of the molecule is CCCCCC/C=C\C/C=C\CCCCCCCC(=O)OC(COC(=O)CCCCCCC/C=C\CCCCCCC)COC(=O)CCCCCCCCCCCCC/C=C\C/C=C\CCCCCCC. The van der Waals surface area contributed by atoms with Gasteiger partial charge in [-0.25, -0.2) is 0 Å². The molecule has 0 fully saturated rings. The lowest BCUT2D eigenvalue weighted by atomic mass is 10.0. The van der Waals surface area contributed by atoms with E-state index in [2.05, 4.69) is 81.5 Å². The van der Waals surface area contributed by atoms with Gasteiger partial charge in [0.2, 0.25) is 0 Å². The highest BCUT2D eigenvalue weighted by Gasteiger charge is 2.19. The van der Waals surface area contributed by atoms with E-state index in [1.807, 2.05) is 0 Å². The van der Waals surface area contributed by atoms with Crippen molar-refractivity contribution in [1.29, 1.82) is 0 Å². The number of esters is 3. The van der Waals surface area contributed by atoms with Crippen molar-refractivity contribution in [3.63, 3.8) is 0 Å². The van der Waals surface area contributed by atoms with Crippen LogP contribution in [0.4, 0.5) is 0 Å². The Labute approximate surface area is 440 Å². The van der Waals surface area contributed by atoms with E-state index in [9.17, 15) is 14.4 Å². The molecule has 0 saturated carbocycles. The average molecular weight is 994 g/mol. The molecule has 0 bridgehead atoms. The highest BCUT2D eigenvalue weighted by atomic mass is 16.6. The highest BCUT2D eigenvalue weighted by Crippen LogP contribution is 2.16. The van der Waals surface area contributed by atoms with E-state index in [-0.39, 0.29) is 31.1 Å². The van der Waals surface area contributed by atoms with Gasteiger partial charge in [0.05, 0.1) is 0 Å². The van der Waals surface area contributed by atoms with E-state index in [1.165, 1.54) is 180 Å². The number of unbranched alkanes of at least 4 members (excludes halogenated alkanes) is 35. The van der Waals surface area contributed by atoms with Gasteiger partial charge in [0.15, 0.2) is 6.10 Å². The Morgan fingerprint density at radius 3 is 0.803 bits per heavy atom. The molecule has 0 N–H and O–H groups in total. The summed E-state index contributed by atoms with van der Waals surface area (Å²) in [4.78, 5) is 38.2. The second-order valence-electron chi connectivity index (χ2n) is 20.6. The summed E-state index contributed by atoms with van der Waals surface area (Å²) in [5.74, 6) is -0.894. The van der Waals surface area contributed by atoms with Crippen molar-refractivity contribution in [2.45, 2.75) is 322 Å². The largest absolute Gasteiger partial charge is 0.462 e. The first-order chi connectivity index (χ1) is 35.0. The third kappa shape index (κ3) is 57.9. The Morgan fingerprint density at radius 1 is 0.282 bits per heavy atom. The summed E-state index contributed by atoms with van der Waals surface area (Å²) >= 11 is 0. The highest BCUT2D eigenvalue weighted by molar-refractivity contribution is 5.71. The smallest absolute Gasteiger partial charge is 0.306 e. The van der Waals surface area contributed by atoms with Gasteiger partial charge in [0.1, 0.15) is 13.2 Å². The van der Waals surface area contributed by atoms with E-state index < -0.39 is 6.10 Å². The molecule has 0 saturated heterocycles. The molecule has 71 heavy (non-hydrogen) atoms. The minimum atomic E-state index is -0.786. The summed E-state index contributed by atoms with van der Waals surface area (Å²) in [5, 5.41) is 0. The molecule has 0 aromatic carbocycles. The van der Waals surface area contributed by atoms with Crippen molar-refractivity contribution in [2.75, 3.05) is 13.2 Å². The van der Waals surface area contributed by atoms with Crippen LogP contribution >= 0.6 is 0 Å². The molecule has 0 rings (SSSR count). The summed E-state index contributed by atoms with van der Waals surface area (Å²) in [6, 6.07) is 0. The lowest BCUT2D eigenvalue weighted by Crippen LogP contribution is -2.30. The maximum Gasteiger partial charge on any atom is 0.306 e. The second kappa shape index (κ2) is 59.7. The quantitative estimate of drug-likeness (QED) is 0.0261. The second-order valence-corrected chi connectivity index (χ2v) is 20.6. The number of hydrogen-bond acceptors (Lipinski definition) is 6. The molecule has 0 heterocycles. The molecule has 0 radical (unpaired) electrons. The molecule has 412 valence electrons. The maximum atomic E-state index is 12.9. The summed E-state index contributed by atoms with van der Waals surface area (Å²) in [6.45, 7) is 6.61. The Morgan fingerprint density at radius 2 is 0.507 bits per heavy atom. The topological polar surface area (TPSA) is 78.9 Å². The van der Waals surface area contributed by atoms with Gasteiger partial charge in [0.25, 0.3) is 0 Å². The van der Waals surface area contributed by atoms with Gasteiger partial charge in [-0.15, -0.1) is 0 Å². The monoisotopic (exact) mass is 993 g/mol. The zero-order chi connectivity index (χ0) is 51.4. The summed E-state index contributed by atoms with van der Waals surface area (Å²) in [7, 11) is 0. The normalized spacial score (nSPS) is 12.4. The molecule has 6 heteroatoms. The molecule has 0 aliphatic carbocycles. The molecule has 0 aliphatic heterocycles. The van der Waals surface area contributed by atoms with E-state index in [4.69, 9.17) is 14.2 Å². The fraction of sp³-hybridized carbons (Fsp3) is 0.800. The molecule has 1 unspecified atom stereocenters. The van der Waals surface area contributed by atoms with E-state index in [1.54, 1.807) is 0 Å². The molecule has 0 aromatic heterocycles. The summed E-state index contributed by atoms with van der Waals surface area (Å²) in [6.07, 6.45) is 75.0. The van der Waals surface area contributed by atoms with Crippen LogP contribution in [-0.4, -0.2) is 37.2 Å². The van der Waals surface area contributed by atoms with Crippen molar-refractivity contribution in [3.8, 4) is 0 Å². The number of carbonyl (C=O) groups excluding carboxylic acids is 3. The lowest BCUT2D eigenvalue weighted by Gasteiger charge is -2.18. The van der Waals surface area contributed by atoms with Crippen molar-refractivity contribution < 1.29 is 28.6 Å². The molecule has 0 spiro atoms. The fourth-order valence-electron chi connectivity index (χ4n) is 8.79.